The Morgan fingerprint density at radius 3 is 1.94 bits per heavy atom. The van der Waals surface area contributed by atoms with E-state index in [4.69, 9.17) is 4.74 Å². The van der Waals surface area contributed by atoms with E-state index < -0.39 is 23.3 Å². The van der Waals surface area contributed by atoms with Crippen LogP contribution in [-0.2, 0) is 0 Å². The van der Waals surface area contributed by atoms with Gasteiger partial charge in [0, 0.05) is 16.7 Å². The molecule has 1 aliphatic carbocycles. The summed E-state index contributed by atoms with van der Waals surface area (Å²) in [5, 5.41) is 0. The third-order valence-electron chi connectivity index (χ3n) is 6.01. The second kappa shape index (κ2) is 9.65. The molecule has 3 aromatic rings. The fraction of sp³-hybridized carbons (Fsp3) is 0.214. The molecule has 3 aromatic carbocycles. The van der Waals surface area contributed by atoms with Crippen LogP contribution in [0, 0.1) is 29.2 Å². The van der Waals surface area contributed by atoms with Gasteiger partial charge in [-0.15, -0.1) is 0 Å². The monoisotopic (exact) mass is 452 g/mol. The van der Waals surface area contributed by atoms with E-state index in [1.165, 1.54) is 18.2 Å². The van der Waals surface area contributed by atoms with Crippen molar-refractivity contribution in [2.75, 3.05) is 6.61 Å². The Kier molecular flexibility index (Phi) is 6.68. The molecule has 0 bridgehead atoms. The molecule has 0 saturated carbocycles. The van der Waals surface area contributed by atoms with Crippen molar-refractivity contribution in [3.8, 4) is 28.0 Å². The van der Waals surface area contributed by atoms with Crippen LogP contribution in [0.3, 0.4) is 0 Å². The highest BCUT2D eigenvalue weighted by Gasteiger charge is 2.20. The van der Waals surface area contributed by atoms with Crippen LogP contribution in [0.15, 0.2) is 67.3 Å². The summed E-state index contributed by atoms with van der Waals surface area (Å²) in [6.07, 6.45) is 5.96. The second-order valence-electron chi connectivity index (χ2n) is 8.31. The van der Waals surface area contributed by atoms with Gasteiger partial charge in [-0.1, -0.05) is 62.1 Å². The topological polar surface area (TPSA) is 9.23 Å². The molecule has 0 radical (unpaired) electrons. The Morgan fingerprint density at radius 1 is 0.818 bits per heavy atom. The molecule has 170 valence electrons. The summed E-state index contributed by atoms with van der Waals surface area (Å²) in [4.78, 5) is 0. The molecule has 0 fully saturated rings. The average molecular weight is 452 g/mol. The zero-order valence-corrected chi connectivity index (χ0v) is 18.3. The van der Waals surface area contributed by atoms with E-state index in [0.717, 1.165) is 24.8 Å². The number of halogens is 4. The minimum Gasteiger partial charge on any atom is -0.486 e. The van der Waals surface area contributed by atoms with E-state index in [9.17, 15) is 17.6 Å². The smallest absolute Gasteiger partial charge is 0.201 e. The van der Waals surface area contributed by atoms with E-state index in [0.29, 0.717) is 22.6 Å². The highest BCUT2D eigenvalue weighted by atomic mass is 19.2. The molecule has 0 aliphatic heterocycles. The van der Waals surface area contributed by atoms with Crippen LogP contribution < -0.4 is 4.74 Å². The molecule has 1 atom stereocenters. The van der Waals surface area contributed by atoms with Gasteiger partial charge in [-0.3, -0.25) is 0 Å². The average Bonchev–Trinajstić information content (AvgIpc) is 2.83. The summed E-state index contributed by atoms with van der Waals surface area (Å²) in [6.45, 7) is 5.67. The molecule has 0 N–H and O–H groups in total. The first-order chi connectivity index (χ1) is 15.9. The van der Waals surface area contributed by atoms with Gasteiger partial charge in [0.25, 0.3) is 0 Å². The Hall–Kier alpha value is -3.34. The van der Waals surface area contributed by atoms with Crippen LogP contribution in [0.5, 0.6) is 5.75 Å². The predicted octanol–water partition coefficient (Wildman–Crippen LogP) is 8.35. The lowest BCUT2D eigenvalue weighted by Gasteiger charge is -2.19. The molecule has 1 unspecified atom stereocenters. The van der Waals surface area contributed by atoms with E-state index in [1.807, 2.05) is 6.08 Å². The summed E-state index contributed by atoms with van der Waals surface area (Å²) >= 11 is 0. The van der Waals surface area contributed by atoms with Gasteiger partial charge in [0.1, 0.15) is 6.61 Å². The predicted molar refractivity (Wildman–Crippen MR) is 124 cm³/mol. The van der Waals surface area contributed by atoms with E-state index >= 15 is 0 Å². The van der Waals surface area contributed by atoms with Crippen LogP contribution in [-0.4, -0.2) is 6.61 Å². The van der Waals surface area contributed by atoms with Gasteiger partial charge in [-0.05, 0) is 54.0 Å². The number of rotatable bonds is 6. The summed E-state index contributed by atoms with van der Waals surface area (Å²) in [5.74, 6) is -3.56. The number of ether oxygens (including phenoxy) is 1. The number of benzene rings is 3. The maximum Gasteiger partial charge on any atom is 0.201 e. The minimum absolute atomic E-state index is 0.0467. The molecule has 1 aliphatic rings. The van der Waals surface area contributed by atoms with Gasteiger partial charge >= 0.3 is 0 Å². The Morgan fingerprint density at radius 2 is 1.36 bits per heavy atom. The first-order valence-electron chi connectivity index (χ1n) is 10.9. The van der Waals surface area contributed by atoms with E-state index in [1.54, 1.807) is 36.4 Å². The Balaban J connectivity index is 1.62. The summed E-state index contributed by atoms with van der Waals surface area (Å²) in [5.41, 5.74) is 2.16. The van der Waals surface area contributed by atoms with Gasteiger partial charge in [0.2, 0.25) is 5.82 Å². The fourth-order valence-electron chi connectivity index (χ4n) is 4.07. The second-order valence-corrected chi connectivity index (χ2v) is 8.31. The molecule has 0 saturated heterocycles. The third kappa shape index (κ3) is 4.58. The largest absolute Gasteiger partial charge is 0.486 e. The van der Waals surface area contributed by atoms with Crippen LogP contribution in [0.25, 0.3) is 27.8 Å². The van der Waals surface area contributed by atoms with Gasteiger partial charge in [0.15, 0.2) is 23.2 Å². The Labute approximate surface area is 191 Å². The first kappa shape index (κ1) is 22.8. The fourth-order valence-corrected chi connectivity index (χ4v) is 4.07. The number of hydrogen-bond donors (Lipinski definition) is 0. The van der Waals surface area contributed by atoms with Crippen LogP contribution in [0.2, 0.25) is 0 Å². The molecular weight excluding hydrogens is 428 g/mol. The van der Waals surface area contributed by atoms with Crippen molar-refractivity contribution in [1.82, 2.24) is 0 Å². The molecule has 1 nitrogen and oxygen atoms in total. The molecule has 5 heteroatoms. The minimum atomic E-state index is -1.09. The number of allylic oxidation sites excluding steroid dienone is 2. The molecular formula is C28H24F4O. The molecule has 4 rings (SSSR count). The van der Waals surface area contributed by atoms with Gasteiger partial charge in [-0.2, -0.15) is 4.39 Å². The molecule has 0 amide bonds. The van der Waals surface area contributed by atoms with Crippen molar-refractivity contribution < 1.29 is 22.3 Å². The van der Waals surface area contributed by atoms with Crippen molar-refractivity contribution >= 4 is 5.57 Å². The zero-order valence-electron chi connectivity index (χ0n) is 18.3. The van der Waals surface area contributed by atoms with Crippen molar-refractivity contribution in [3.05, 3.63) is 96.1 Å². The van der Waals surface area contributed by atoms with Crippen molar-refractivity contribution in [2.24, 2.45) is 5.92 Å². The van der Waals surface area contributed by atoms with Crippen LogP contribution >= 0.6 is 0 Å². The standard InChI is InChI=1S/C28H24F4O/c1-3-16-33-24-15-14-23(27(31)28(24)32)20-10-8-19(9-11-20)22-13-12-21(25(29)26(22)30)18-6-4-17(2)5-7-18/h3,6,8-15,17H,1,4-5,7,16H2,2H3. The maximum absolute atomic E-state index is 14.9. The van der Waals surface area contributed by atoms with Gasteiger partial charge < -0.3 is 4.74 Å². The van der Waals surface area contributed by atoms with Gasteiger partial charge in [-0.25, -0.2) is 13.2 Å². The first-order valence-corrected chi connectivity index (χ1v) is 10.9. The highest BCUT2D eigenvalue weighted by molar-refractivity contribution is 5.74. The normalized spacial score (nSPS) is 15.8. The lowest BCUT2D eigenvalue weighted by molar-refractivity contribution is 0.333. The van der Waals surface area contributed by atoms with E-state index in [2.05, 4.69) is 13.5 Å². The zero-order chi connectivity index (χ0) is 23.5. The highest BCUT2D eigenvalue weighted by Crippen LogP contribution is 2.36. The van der Waals surface area contributed by atoms with Crippen molar-refractivity contribution in [1.29, 1.82) is 0 Å². The van der Waals surface area contributed by atoms with Crippen molar-refractivity contribution in [3.63, 3.8) is 0 Å². The van der Waals surface area contributed by atoms with Gasteiger partial charge in [0.05, 0.1) is 0 Å². The Bertz CT molecular complexity index is 1210. The summed E-state index contributed by atoms with van der Waals surface area (Å²) < 4.78 is 63.8. The van der Waals surface area contributed by atoms with Crippen LogP contribution in [0.1, 0.15) is 31.7 Å². The van der Waals surface area contributed by atoms with E-state index in [-0.39, 0.29) is 23.5 Å². The quantitative estimate of drug-likeness (QED) is 0.270. The number of hydrogen-bond acceptors (Lipinski definition) is 1. The molecule has 0 heterocycles. The van der Waals surface area contributed by atoms with Crippen molar-refractivity contribution in [2.45, 2.75) is 26.2 Å². The summed E-state index contributed by atoms with van der Waals surface area (Å²) in [7, 11) is 0. The lowest BCUT2D eigenvalue weighted by Crippen LogP contribution is -2.04. The van der Waals surface area contributed by atoms with Crippen LogP contribution in [0.4, 0.5) is 17.6 Å². The summed E-state index contributed by atoms with van der Waals surface area (Å²) in [6, 6.07) is 12.2. The third-order valence-corrected chi connectivity index (χ3v) is 6.01. The molecule has 0 aromatic heterocycles. The molecule has 0 spiro atoms. The SMILES string of the molecule is C=CCOc1ccc(-c2ccc(-c3ccc(C4=CCC(C)CC4)c(F)c3F)cc2)c(F)c1F. The maximum atomic E-state index is 14.9. The molecule has 33 heavy (non-hydrogen) atoms. The lowest BCUT2D eigenvalue weighted by atomic mass is 9.87.